The van der Waals surface area contributed by atoms with Gasteiger partial charge >= 0.3 is 0 Å². The van der Waals surface area contributed by atoms with Crippen LogP contribution in [0.4, 0.5) is 0 Å². The number of hydrogen-bond acceptors (Lipinski definition) is 2. The molecule has 1 N–H and O–H groups in total. The van der Waals surface area contributed by atoms with E-state index in [9.17, 15) is 0 Å². The standard InChI is InChI=1S/C19H34N2/c1-6-12-20-19(11-13-21(7-2)8-3)15-18-10-9-16(4)17(5)14-18/h9-10,14,19-20H,6-8,11-13,15H2,1-5H3. The molecule has 1 atom stereocenters. The molecule has 1 unspecified atom stereocenters. The van der Waals surface area contributed by atoms with Crippen LogP contribution in [0, 0.1) is 13.8 Å². The second kappa shape index (κ2) is 9.97. The van der Waals surface area contributed by atoms with Gasteiger partial charge in [0.1, 0.15) is 0 Å². The van der Waals surface area contributed by atoms with Crippen LogP contribution in [0.25, 0.3) is 0 Å². The monoisotopic (exact) mass is 290 g/mol. The molecule has 2 heteroatoms. The van der Waals surface area contributed by atoms with E-state index in [0.29, 0.717) is 6.04 Å². The molecule has 0 saturated carbocycles. The van der Waals surface area contributed by atoms with Crippen molar-refractivity contribution >= 4 is 0 Å². The second-order valence-electron chi connectivity index (χ2n) is 6.09. The van der Waals surface area contributed by atoms with E-state index in [4.69, 9.17) is 0 Å². The molecule has 0 saturated heterocycles. The highest BCUT2D eigenvalue weighted by Gasteiger charge is 2.11. The molecule has 0 radical (unpaired) electrons. The Kier molecular flexibility index (Phi) is 8.63. The Morgan fingerprint density at radius 1 is 1.05 bits per heavy atom. The van der Waals surface area contributed by atoms with Crippen LogP contribution in [0.15, 0.2) is 18.2 Å². The van der Waals surface area contributed by atoms with Gasteiger partial charge in [-0.2, -0.15) is 0 Å². The molecule has 120 valence electrons. The van der Waals surface area contributed by atoms with Crippen molar-refractivity contribution in [2.45, 2.75) is 59.9 Å². The van der Waals surface area contributed by atoms with Crippen molar-refractivity contribution in [2.75, 3.05) is 26.2 Å². The number of rotatable bonds is 10. The Morgan fingerprint density at radius 3 is 2.33 bits per heavy atom. The molecule has 0 spiro atoms. The fraction of sp³-hybridized carbons (Fsp3) is 0.684. The van der Waals surface area contributed by atoms with E-state index >= 15 is 0 Å². The lowest BCUT2D eigenvalue weighted by Crippen LogP contribution is -2.36. The van der Waals surface area contributed by atoms with Gasteiger partial charge in [-0.15, -0.1) is 0 Å². The third-order valence-electron chi connectivity index (χ3n) is 4.42. The average Bonchev–Trinajstić information content (AvgIpc) is 2.49. The zero-order valence-corrected chi connectivity index (χ0v) is 14.7. The zero-order valence-electron chi connectivity index (χ0n) is 14.7. The maximum Gasteiger partial charge on any atom is 0.0120 e. The number of nitrogens with one attached hydrogen (secondary N) is 1. The lowest BCUT2D eigenvalue weighted by Gasteiger charge is -2.24. The van der Waals surface area contributed by atoms with Gasteiger partial charge in [0, 0.05) is 6.04 Å². The van der Waals surface area contributed by atoms with Gasteiger partial charge < -0.3 is 10.2 Å². The van der Waals surface area contributed by atoms with Crippen LogP contribution < -0.4 is 5.32 Å². The fourth-order valence-electron chi connectivity index (χ4n) is 2.72. The summed E-state index contributed by atoms with van der Waals surface area (Å²) < 4.78 is 0. The van der Waals surface area contributed by atoms with Gasteiger partial charge in [-0.1, -0.05) is 39.0 Å². The van der Waals surface area contributed by atoms with Crippen LogP contribution in [0.2, 0.25) is 0 Å². The summed E-state index contributed by atoms with van der Waals surface area (Å²) in [5, 5.41) is 3.73. The first kappa shape index (κ1) is 18.2. The van der Waals surface area contributed by atoms with Gasteiger partial charge in [-0.05, 0) is 76.0 Å². The molecular formula is C19H34N2. The summed E-state index contributed by atoms with van der Waals surface area (Å²) in [6.07, 6.45) is 3.58. The summed E-state index contributed by atoms with van der Waals surface area (Å²) in [7, 11) is 0. The third-order valence-corrected chi connectivity index (χ3v) is 4.42. The molecule has 0 fully saturated rings. The molecule has 0 amide bonds. The summed E-state index contributed by atoms with van der Waals surface area (Å²) in [5.74, 6) is 0. The number of nitrogens with zero attached hydrogens (tertiary/aromatic N) is 1. The van der Waals surface area contributed by atoms with E-state index in [1.54, 1.807) is 0 Å². The Balaban J connectivity index is 2.61. The summed E-state index contributed by atoms with van der Waals surface area (Å²) in [4.78, 5) is 2.51. The molecule has 0 aliphatic rings. The Morgan fingerprint density at radius 2 is 1.76 bits per heavy atom. The molecule has 1 aromatic rings. The predicted octanol–water partition coefficient (Wildman–Crippen LogP) is 3.95. The van der Waals surface area contributed by atoms with E-state index < -0.39 is 0 Å². The van der Waals surface area contributed by atoms with Gasteiger partial charge in [0.2, 0.25) is 0 Å². The Hall–Kier alpha value is -0.860. The highest BCUT2D eigenvalue weighted by atomic mass is 15.1. The Bertz CT molecular complexity index is 397. The molecule has 2 nitrogen and oxygen atoms in total. The summed E-state index contributed by atoms with van der Waals surface area (Å²) in [5.41, 5.74) is 4.26. The first-order chi connectivity index (χ1) is 10.1. The van der Waals surface area contributed by atoms with Crippen molar-refractivity contribution in [1.29, 1.82) is 0 Å². The lowest BCUT2D eigenvalue weighted by atomic mass is 9.99. The zero-order chi connectivity index (χ0) is 15.7. The summed E-state index contributed by atoms with van der Waals surface area (Å²) >= 11 is 0. The van der Waals surface area contributed by atoms with E-state index in [2.05, 4.69) is 63.0 Å². The van der Waals surface area contributed by atoms with E-state index in [-0.39, 0.29) is 0 Å². The van der Waals surface area contributed by atoms with Gasteiger partial charge in [-0.25, -0.2) is 0 Å². The minimum Gasteiger partial charge on any atom is -0.314 e. The van der Waals surface area contributed by atoms with E-state index in [1.165, 1.54) is 36.1 Å². The summed E-state index contributed by atoms with van der Waals surface area (Å²) in [6.45, 7) is 15.8. The van der Waals surface area contributed by atoms with Crippen LogP contribution in [0.1, 0.15) is 50.3 Å². The van der Waals surface area contributed by atoms with Crippen LogP contribution in [-0.2, 0) is 6.42 Å². The first-order valence-electron chi connectivity index (χ1n) is 8.62. The Labute approximate surface area is 131 Å². The molecule has 0 aliphatic carbocycles. The van der Waals surface area contributed by atoms with Crippen molar-refractivity contribution in [3.8, 4) is 0 Å². The maximum absolute atomic E-state index is 3.73. The van der Waals surface area contributed by atoms with Crippen molar-refractivity contribution in [3.63, 3.8) is 0 Å². The number of aryl methyl sites for hydroxylation is 2. The number of benzene rings is 1. The van der Waals surface area contributed by atoms with E-state index in [0.717, 1.165) is 26.1 Å². The molecule has 1 aromatic carbocycles. The largest absolute Gasteiger partial charge is 0.314 e. The van der Waals surface area contributed by atoms with Crippen LogP contribution in [0.3, 0.4) is 0 Å². The van der Waals surface area contributed by atoms with Crippen molar-refractivity contribution in [2.24, 2.45) is 0 Å². The van der Waals surface area contributed by atoms with E-state index in [1.807, 2.05) is 0 Å². The smallest absolute Gasteiger partial charge is 0.0120 e. The molecule has 0 heterocycles. The SMILES string of the molecule is CCCNC(CCN(CC)CC)Cc1ccc(C)c(C)c1. The van der Waals surface area contributed by atoms with Crippen LogP contribution in [0.5, 0.6) is 0 Å². The highest BCUT2D eigenvalue weighted by Crippen LogP contribution is 2.13. The molecule has 1 rings (SSSR count). The van der Waals surface area contributed by atoms with Crippen LogP contribution >= 0.6 is 0 Å². The second-order valence-corrected chi connectivity index (χ2v) is 6.09. The lowest BCUT2D eigenvalue weighted by molar-refractivity contribution is 0.280. The van der Waals surface area contributed by atoms with Gasteiger partial charge in [0.25, 0.3) is 0 Å². The molecular weight excluding hydrogens is 256 g/mol. The quantitative estimate of drug-likeness (QED) is 0.702. The maximum atomic E-state index is 3.73. The molecule has 21 heavy (non-hydrogen) atoms. The number of hydrogen-bond donors (Lipinski definition) is 1. The van der Waals surface area contributed by atoms with Gasteiger partial charge in [0.05, 0.1) is 0 Å². The minimum absolute atomic E-state index is 0.590. The van der Waals surface area contributed by atoms with Gasteiger partial charge in [-0.3, -0.25) is 0 Å². The third kappa shape index (κ3) is 6.62. The minimum atomic E-state index is 0.590. The summed E-state index contributed by atoms with van der Waals surface area (Å²) in [6, 6.07) is 7.49. The van der Waals surface area contributed by atoms with Crippen molar-refractivity contribution in [1.82, 2.24) is 10.2 Å². The highest BCUT2D eigenvalue weighted by molar-refractivity contribution is 5.30. The molecule has 0 aromatic heterocycles. The average molecular weight is 290 g/mol. The van der Waals surface area contributed by atoms with Crippen molar-refractivity contribution < 1.29 is 0 Å². The predicted molar refractivity (Wildman–Crippen MR) is 94.1 cm³/mol. The topological polar surface area (TPSA) is 15.3 Å². The van der Waals surface area contributed by atoms with Crippen molar-refractivity contribution in [3.05, 3.63) is 34.9 Å². The van der Waals surface area contributed by atoms with Gasteiger partial charge in [0.15, 0.2) is 0 Å². The van der Waals surface area contributed by atoms with Crippen LogP contribution in [-0.4, -0.2) is 37.1 Å². The normalized spacial score (nSPS) is 12.9. The first-order valence-corrected chi connectivity index (χ1v) is 8.62. The fourth-order valence-corrected chi connectivity index (χ4v) is 2.72. The molecule has 0 aliphatic heterocycles. The molecule has 0 bridgehead atoms.